The molecule has 173 valence electrons. The monoisotopic (exact) mass is 472 g/mol. The Bertz CT molecular complexity index is 1270. The van der Waals surface area contributed by atoms with Crippen LogP contribution >= 0.6 is 11.3 Å². The van der Waals surface area contributed by atoms with Crippen molar-refractivity contribution in [3.05, 3.63) is 81.3 Å². The fraction of sp³-hybridized carbons (Fsp3) is 0.333. The summed E-state index contributed by atoms with van der Waals surface area (Å²) < 4.78 is 6.16. The van der Waals surface area contributed by atoms with E-state index in [0.29, 0.717) is 29.3 Å². The molecule has 2 aliphatic rings. The second kappa shape index (κ2) is 9.30. The normalized spacial score (nSPS) is 23.8. The number of aromatic nitrogens is 2. The Balaban J connectivity index is 1.44. The molecular formula is C27H26N3O3S. The molecule has 1 radical (unpaired) electrons. The lowest BCUT2D eigenvalue weighted by Crippen LogP contribution is -2.20. The van der Waals surface area contributed by atoms with Gasteiger partial charge in [0.1, 0.15) is 18.2 Å². The van der Waals surface area contributed by atoms with Gasteiger partial charge < -0.3 is 15.2 Å². The number of hydrogen-bond donors (Lipinski definition) is 2. The number of ketones is 1. The number of nitrogens with zero attached hydrogens (tertiary/aromatic N) is 2. The van der Waals surface area contributed by atoms with Gasteiger partial charge in [0.25, 0.3) is 0 Å². The molecule has 1 saturated carbocycles. The van der Waals surface area contributed by atoms with E-state index in [1.165, 1.54) is 23.2 Å². The van der Waals surface area contributed by atoms with Crippen LogP contribution in [0, 0.1) is 32.1 Å². The molecule has 7 heteroatoms. The Morgan fingerprint density at radius 3 is 2.94 bits per heavy atom. The minimum absolute atomic E-state index is 0.0112. The molecule has 0 spiro atoms. The number of aliphatic hydroxyl groups excluding tert-OH is 1. The molecule has 0 amide bonds. The molecule has 3 heterocycles. The number of aliphatic hydroxyl groups is 1. The molecule has 34 heavy (non-hydrogen) atoms. The quantitative estimate of drug-likeness (QED) is 0.430. The second-order valence-corrected chi connectivity index (χ2v) is 10.2. The maximum Gasteiger partial charge on any atom is 0.208 e. The van der Waals surface area contributed by atoms with Crippen LogP contribution in [0.3, 0.4) is 0 Å². The van der Waals surface area contributed by atoms with E-state index in [1.807, 2.05) is 25.1 Å². The number of nitrogens with one attached hydrogen (secondary N) is 1. The summed E-state index contributed by atoms with van der Waals surface area (Å²) in [5.41, 5.74) is 4.50. The van der Waals surface area contributed by atoms with Crippen LogP contribution in [0.25, 0.3) is 0 Å². The number of ether oxygens (including phenoxy) is 1. The van der Waals surface area contributed by atoms with E-state index in [-0.39, 0.29) is 23.8 Å². The van der Waals surface area contributed by atoms with Crippen molar-refractivity contribution in [2.24, 2.45) is 5.92 Å². The highest BCUT2D eigenvalue weighted by Crippen LogP contribution is 2.39. The van der Waals surface area contributed by atoms with E-state index in [9.17, 15) is 9.90 Å². The molecular weight excluding hydrogens is 446 g/mol. The lowest BCUT2D eigenvalue weighted by atomic mass is 9.91. The highest BCUT2D eigenvalue weighted by atomic mass is 32.1. The Labute approximate surface area is 203 Å². The average Bonchev–Trinajstić information content (AvgIpc) is 3.39. The summed E-state index contributed by atoms with van der Waals surface area (Å²) in [5.74, 6) is 3.01. The van der Waals surface area contributed by atoms with Crippen LogP contribution in [0.5, 0.6) is 0 Å². The van der Waals surface area contributed by atoms with Crippen LogP contribution in [-0.4, -0.2) is 39.6 Å². The predicted molar refractivity (Wildman–Crippen MR) is 132 cm³/mol. The molecule has 5 rings (SSSR count). The molecule has 1 aromatic carbocycles. The van der Waals surface area contributed by atoms with Gasteiger partial charge in [0, 0.05) is 22.7 Å². The number of rotatable bonds is 5. The van der Waals surface area contributed by atoms with Crippen LogP contribution in [0.15, 0.2) is 36.8 Å². The third-order valence-corrected chi connectivity index (χ3v) is 7.73. The number of hydrogen-bond acceptors (Lipinski definition) is 7. The number of aryl methyl sites for hydroxylation is 1. The third kappa shape index (κ3) is 4.25. The molecule has 1 aliphatic carbocycles. The van der Waals surface area contributed by atoms with Crippen molar-refractivity contribution < 1.29 is 14.6 Å². The highest BCUT2D eigenvalue weighted by molar-refractivity contribution is 7.14. The summed E-state index contributed by atoms with van der Waals surface area (Å²) in [6, 6.07) is 7.98. The van der Waals surface area contributed by atoms with Crippen molar-refractivity contribution in [3.8, 4) is 12.3 Å². The summed E-state index contributed by atoms with van der Waals surface area (Å²) in [6.07, 6.45) is 10.0. The summed E-state index contributed by atoms with van der Waals surface area (Å²) in [7, 11) is 0. The van der Waals surface area contributed by atoms with Gasteiger partial charge in [-0.1, -0.05) is 12.0 Å². The average molecular weight is 473 g/mol. The maximum absolute atomic E-state index is 13.5. The van der Waals surface area contributed by atoms with Crippen molar-refractivity contribution in [3.63, 3.8) is 0 Å². The Morgan fingerprint density at radius 1 is 1.32 bits per heavy atom. The summed E-state index contributed by atoms with van der Waals surface area (Å²) >= 11 is 1.44. The van der Waals surface area contributed by atoms with Crippen molar-refractivity contribution >= 4 is 22.9 Å². The standard InChI is InChI=1S/C27H26N3O3S/c1-4-17-5-6-18-7-8-33-26(21(18)10-17)20-12-24(34-16(20)3)25(32)22-13-28-14-29-27(22)30-19-9-15(2)23(31)11-19/h1,5-6,10,12-15,19,23,26,31H,2,7-9,11H2,3H3,(H,28,29,30)/t15-,19-,23+,26+/m1/s1. The Morgan fingerprint density at radius 2 is 2.18 bits per heavy atom. The molecule has 3 aromatic rings. The zero-order valence-electron chi connectivity index (χ0n) is 19.0. The second-order valence-electron chi connectivity index (χ2n) is 8.94. The van der Waals surface area contributed by atoms with Crippen LogP contribution < -0.4 is 5.32 Å². The van der Waals surface area contributed by atoms with Crippen molar-refractivity contribution in [2.75, 3.05) is 11.9 Å². The Kier molecular flexibility index (Phi) is 6.22. The van der Waals surface area contributed by atoms with Crippen LogP contribution in [0.1, 0.15) is 61.3 Å². The molecule has 0 bridgehead atoms. The molecule has 1 fully saturated rings. The van der Waals surface area contributed by atoms with Crippen LogP contribution in [0.2, 0.25) is 0 Å². The van der Waals surface area contributed by atoms with Gasteiger partial charge in [-0.2, -0.15) is 0 Å². The molecule has 1 aliphatic heterocycles. The van der Waals surface area contributed by atoms with E-state index in [1.54, 1.807) is 6.20 Å². The van der Waals surface area contributed by atoms with Gasteiger partial charge in [0.15, 0.2) is 0 Å². The van der Waals surface area contributed by atoms with Crippen LogP contribution in [-0.2, 0) is 11.2 Å². The SMILES string of the molecule is C#Cc1ccc2c(c1)[C@H](c1cc(C(=O)c3cncnc3N[C@@H]3C[C@@H]([CH2])[C@@H](O)C3)sc1C)OCC2. The number of carbonyl (C=O) groups is 1. The van der Waals surface area contributed by atoms with Gasteiger partial charge >= 0.3 is 0 Å². The molecule has 0 saturated heterocycles. The van der Waals surface area contributed by atoms with Gasteiger partial charge in [-0.25, -0.2) is 9.97 Å². The van der Waals surface area contributed by atoms with E-state index in [2.05, 4.69) is 34.2 Å². The molecule has 2 aromatic heterocycles. The van der Waals surface area contributed by atoms with Gasteiger partial charge in [0.05, 0.1) is 23.2 Å². The first-order valence-corrected chi connectivity index (χ1v) is 12.2. The summed E-state index contributed by atoms with van der Waals surface area (Å²) in [5, 5.41) is 13.4. The molecule has 0 unspecified atom stereocenters. The molecule has 2 N–H and O–H groups in total. The smallest absolute Gasteiger partial charge is 0.208 e. The number of carbonyl (C=O) groups excluding carboxylic acids is 1. The number of terminal acetylenes is 1. The summed E-state index contributed by atoms with van der Waals surface area (Å²) in [4.78, 5) is 23.6. The number of anilines is 1. The fourth-order valence-corrected chi connectivity index (χ4v) is 5.82. The number of thiophene rings is 1. The molecule has 4 atom stereocenters. The van der Waals surface area contributed by atoms with Crippen molar-refractivity contribution in [1.29, 1.82) is 0 Å². The number of benzene rings is 1. The maximum atomic E-state index is 13.5. The predicted octanol–water partition coefficient (Wildman–Crippen LogP) is 4.11. The van der Waals surface area contributed by atoms with E-state index in [0.717, 1.165) is 34.4 Å². The lowest BCUT2D eigenvalue weighted by molar-refractivity contribution is 0.0697. The fourth-order valence-electron chi connectivity index (χ4n) is 4.82. The number of fused-ring (bicyclic) bond motifs is 1. The first-order valence-electron chi connectivity index (χ1n) is 11.4. The van der Waals surface area contributed by atoms with Crippen LogP contribution in [0.4, 0.5) is 5.82 Å². The first-order chi connectivity index (χ1) is 16.4. The Hall–Kier alpha value is -3.05. The van der Waals surface area contributed by atoms with Crippen molar-refractivity contribution in [1.82, 2.24) is 9.97 Å². The zero-order valence-corrected chi connectivity index (χ0v) is 19.8. The van der Waals surface area contributed by atoms with Gasteiger partial charge in [-0.05, 0) is 73.9 Å². The van der Waals surface area contributed by atoms with Gasteiger partial charge in [0.2, 0.25) is 5.78 Å². The lowest BCUT2D eigenvalue weighted by Gasteiger charge is -2.26. The topological polar surface area (TPSA) is 84.3 Å². The first kappa shape index (κ1) is 22.7. The van der Waals surface area contributed by atoms with E-state index in [4.69, 9.17) is 11.2 Å². The zero-order chi connectivity index (χ0) is 23.8. The van der Waals surface area contributed by atoms with Gasteiger partial charge in [-0.15, -0.1) is 17.8 Å². The van der Waals surface area contributed by atoms with E-state index < -0.39 is 6.10 Å². The highest BCUT2D eigenvalue weighted by Gasteiger charge is 2.32. The largest absolute Gasteiger partial charge is 0.393 e. The van der Waals surface area contributed by atoms with Gasteiger partial charge in [-0.3, -0.25) is 4.79 Å². The summed E-state index contributed by atoms with van der Waals surface area (Å²) in [6.45, 7) is 6.61. The third-order valence-electron chi connectivity index (χ3n) is 6.67. The van der Waals surface area contributed by atoms with Crippen molar-refractivity contribution in [2.45, 2.75) is 44.4 Å². The van der Waals surface area contributed by atoms with E-state index >= 15 is 0 Å². The minimum atomic E-state index is -0.450. The minimum Gasteiger partial charge on any atom is -0.393 e. The molecule has 6 nitrogen and oxygen atoms in total.